The summed E-state index contributed by atoms with van der Waals surface area (Å²) in [4.78, 5) is 10.9. The number of rotatable bonds is 5. The largest absolute Gasteiger partial charge is 0.462 e. The van der Waals surface area contributed by atoms with E-state index in [1.54, 1.807) is 0 Å². The average molecular weight is 313 g/mol. The minimum atomic E-state index is -2.16. The molecule has 0 spiro atoms. The Labute approximate surface area is 126 Å². The van der Waals surface area contributed by atoms with Crippen LogP contribution in [0.2, 0.25) is 0 Å². The lowest BCUT2D eigenvalue weighted by Gasteiger charge is -2.53. The summed E-state index contributed by atoms with van der Waals surface area (Å²) in [5.74, 6) is -1.17. The van der Waals surface area contributed by atoms with E-state index < -0.39 is 36.6 Å². The van der Waals surface area contributed by atoms with Gasteiger partial charge in [-0.2, -0.15) is 0 Å². The van der Waals surface area contributed by atoms with Gasteiger partial charge in [-0.1, -0.05) is 0 Å². The quantitative estimate of drug-likeness (QED) is 0.360. The van der Waals surface area contributed by atoms with Crippen LogP contribution in [0.3, 0.4) is 0 Å². The molecule has 5 unspecified atom stereocenters. The molecule has 0 aromatic heterocycles. The number of aliphatic hydroxyl groups excluding tert-OH is 4. The van der Waals surface area contributed by atoms with E-state index in [1.165, 1.54) is 31.2 Å². The number of hydrogen-bond donors (Lipinski definition) is 6. The van der Waals surface area contributed by atoms with Crippen molar-refractivity contribution in [1.29, 1.82) is 0 Å². The monoisotopic (exact) mass is 313 g/mol. The SMILES string of the molecule is CC(=O)Nc1ccc(OC(O)C2(O)C(O)C(O)C2CO)cc1. The third-order valence-electron chi connectivity index (χ3n) is 3.82. The Hall–Kier alpha value is -1.71. The molecule has 8 heteroatoms. The van der Waals surface area contributed by atoms with Crippen LogP contribution in [0, 0.1) is 5.92 Å². The maximum atomic E-state index is 10.9. The van der Waals surface area contributed by atoms with Gasteiger partial charge >= 0.3 is 0 Å². The molecule has 0 aliphatic heterocycles. The number of carbonyl (C=O) groups excluding carboxylic acids is 1. The summed E-state index contributed by atoms with van der Waals surface area (Å²) in [6.07, 6.45) is -4.80. The number of carbonyl (C=O) groups is 1. The van der Waals surface area contributed by atoms with E-state index in [2.05, 4.69) is 5.32 Å². The second kappa shape index (κ2) is 6.19. The first-order valence-electron chi connectivity index (χ1n) is 6.72. The fraction of sp³-hybridized carbons (Fsp3) is 0.500. The summed E-state index contributed by atoms with van der Waals surface area (Å²) >= 11 is 0. The molecule has 1 fully saturated rings. The highest BCUT2D eigenvalue weighted by atomic mass is 16.6. The Morgan fingerprint density at radius 3 is 2.45 bits per heavy atom. The van der Waals surface area contributed by atoms with Crippen molar-refractivity contribution in [3.8, 4) is 5.75 Å². The van der Waals surface area contributed by atoms with Gasteiger partial charge in [0.15, 0.2) is 5.60 Å². The number of ether oxygens (including phenoxy) is 1. The summed E-state index contributed by atoms with van der Waals surface area (Å²) in [5.41, 5.74) is -1.63. The molecule has 1 aromatic rings. The molecule has 1 saturated carbocycles. The Balaban J connectivity index is 2.05. The van der Waals surface area contributed by atoms with Crippen LogP contribution in [0.1, 0.15) is 6.92 Å². The Kier molecular flexibility index (Phi) is 4.69. The highest BCUT2D eigenvalue weighted by Crippen LogP contribution is 2.42. The second-order valence-electron chi connectivity index (χ2n) is 5.29. The molecule has 1 aromatic carbocycles. The highest BCUT2D eigenvalue weighted by molar-refractivity contribution is 5.88. The molecule has 5 atom stereocenters. The summed E-state index contributed by atoms with van der Waals surface area (Å²) < 4.78 is 5.14. The minimum absolute atomic E-state index is 0.181. The molecule has 0 saturated heterocycles. The number of nitrogens with one attached hydrogen (secondary N) is 1. The zero-order valence-corrected chi connectivity index (χ0v) is 11.9. The van der Waals surface area contributed by atoms with Crippen molar-refractivity contribution in [2.24, 2.45) is 5.92 Å². The normalized spacial score (nSPS) is 32.0. The van der Waals surface area contributed by atoms with E-state index in [9.17, 15) is 25.2 Å². The van der Waals surface area contributed by atoms with E-state index >= 15 is 0 Å². The van der Waals surface area contributed by atoms with Crippen LogP contribution in [0.5, 0.6) is 5.75 Å². The van der Waals surface area contributed by atoms with Crippen molar-refractivity contribution >= 4 is 11.6 Å². The van der Waals surface area contributed by atoms with Crippen molar-refractivity contribution < 1.29 is 35.1 Å². The van der Waals surface area contributed by atoms with Crippen molar-refractivity contribution in [1.82, 2.24) is 0 Å². The number of anilines is 1. The number of hydrogen-bond acceptors (Lipinski definition) is 7. The van der Waals surface area contributed by atoms with E-state index in [0.29, 0.717) is 5.69 Å². The first-order chi connectivity index (χ1) is 10.3. The summed E-state index contributed by atoms with van der Waals surface area (Å²) in [7, 11) is 0. The van der Waals surface area contributed by atoms with E-state index in [-0.39, 0.29) is 11.7 Å². The lowest BCUT2D eigenvalue weighted by Crippen LogP contribution is -2.76. The van der Waals surface area contributed by atoms with Gasteiger partial charge in [-0.15, -0.1) is 0 Å². The maximum Gasteiger partial charge on any atom is 0.229 e. The van der Waals surface area contributed by atoms with Crippen molar-refractivity contribution in [2.45, 2.75) is 31.0 Å². The highest BCUT2D eigenvalue weighted by Gasteiger charge is 2.65. The third kappa shape index (κ3) is 2.79. The minimum Gasteiger partial charge on any atom is -0.462 e. The first-order valence-corrected chi connectivity index (χ1v) is 6.72. The van der Waals surface area contributed by atoms with E-state index in [4.69, 9.17) is 9.84 Å². The van der Waals surface area contributed by atoms with Crippen LogP contribution in [-0.2, 0) is 4.79 Å². The molecule has 1 amide bonds. The molecule has 0 heterocycles. The van der Waals surface area contributed by atoms with Crippen molar-refractivity contribution in [3.05, 3.63) is 24.3 Å². The molecular weight excluding hydrogens is 294 g/mol. The smallest absolute Gasteiger partial charge is 0.229 e. The van der Waals surface area contributed by atoms with Crippen LogP contribution in [0.25, 0.3) is 0 Å². The van der Waals surface area contributed by atoms with Gasteiger partial charge in [0, 0.05) is 18.5 Å². The molecule has 0 bridgehead atoms. The Bertz CT molecular complexity index is 534. The third-order valence-corrected chi connectivity index (χ3v) is 3.82. The molecule has 0 radical (unpaired) electrons. The topological polar surface area (TPSA) is 139 Å². The predicted molar refractivity (Wildman–Crippen MR) is 74.9 cm³/mol. The number of amides is 1. The molecule has 1 aliphatic carbocycles. The fourth-order valence-corrected chi connectivity index (χ4v) is 2.49. The van der Waals surface area contributed by atoms with Gasteiger partial charge in [-0.25, -0.2) is 0 Å². The van der Waals surface area contributed by atoms with Gasteiger partial charge in [0.25, 0.3) is 0 Å². The van der Waals surface area contributed by atoms with E-state index in [0.717, 1.165) is 0 Å². The zero-order valence-electron chi connectivity index (χ0n) is 11.9. The average Bonchev–Trinajstić information content (AvgIpc) is 2.48. The van der Waals surface area contributed by atoms with E-state index in [1.807, 2.05) is 0 Å². The molecule has 8 nitrogen and oxygen atoms in total. The first kappa shape index (κ1) is 16.7. The number of benzene rings is 1. The van der Waals surface area contributed by atoms with Crippen LogP contribution >= 0.6 is 0 Å². The molecule has 122 valence electrons. The number of aliphatic hydroxyl groups is 5. The molecule has 1 aliphatic rings. The van der Waals surface area contributed by atoms with Crippen LogP contribution in [0.4, 0.5) is 5.69 Å². The van der Waals surface area contributed by atoms with Crippen molar-refractivity contribution in [2.75, 3.05) is 11.9 Å². The van der Waals surface area contributed by atoms with Crippen LogP contribution in [0.15, 0.2) is 24.3 Å². The Morgan fingerprint density at radius 1 is 1.36 bits per heavy atom. The molecule has 2 rings (SSSR count). The summed E-state index contributed by atoms with van der Waals surface area (Å²) in [5, 5.41) is 50.9. The standard InChI is InChI=1S/C14H19NO7/c1-7(17)15-8-2-4-9(5-3-8)22-13(20)14(21)10(6-16)11(18)12(14)19/h2-5,10-13,16,18-21H,6H2,1H3,(H,15,17). The van der Waals surface area contributed by atoms with Gasteiger partial charge < -0.3 is 35.6 Å². The second-order valence-corrected chi connectivity index (χ2v) is 5.29. The van der Waals surface area contributed by atoms with Crippen LogP contribution < -0.4 is 10.1 Å². The molecule has 22 heavy (non-hydrogen) atoms. The zero-order chi connectivity index (χ0) is 16.5. The summed E-state index contributed by atoms with van der Waals surface area (Å²) in [6, 6.07) is 5.96. The summed E-state index contributed by atoms with van der Waals surface area (Å²) in [6.45, 7) is 0.749. The molecular formula is C14H19NO7. The van der Waals surface area contributed by atoms with Crippen LogP contribution in [-0.4, -0.2) is 62.1 Å². The van der Waals surface area contributed by atoms with Gasteiger partial charge in [0.2, 0.25) is 12.2 Å². The van der Waals surface area contributed by atoms with Gasteiger partial charge in [-0.05, 0) is 24.3 Å². The fourth-order valence-electron chi connectivity index (χ4n) is 2.49. The van der Waals surface area contributed by atoms with Gasteiger partial charge in [-0.3, -0.25) is 4.79 Å². The van der Waals surface area contributed by atoms with Gasteiger partial charge in [0.1, 0.15) is 11.9 Å². The lowest BCUT2D eigenvalue weighted by atomic mass is 9.64. The Morgan fingerprint density at radius 2 is 1.95 bits per heavy atom. The predicted octanol–water partition coefficient (Wildman–Crippen LogP) is -1.58. The lowest BCUT2D eigenvalue weighted by molar-refractivity contribution is -0.332. The van der Waals surface area contributed by atoms with Gasteiger partial charge in [0.05, 0.1) is 12.7 Å². The molecule has 6 N–H and O–H groups in total. The van der Waals surface area contributed by atoms with Crippen molar-refractivity contribution in [3.63, 3.8) is 0 Å². The maximum absolute atomic E-state index is 10.9.